The van der Waals surface area contributed by atoms with E-state index < -0.39 is 0 Å². The first kappa shape index (κ1) is 18.2. The molecule has 0 bridgehead atoms. The van der Waals surface area contributed by atoms with Crippen LogP contribution >= 0.6 is 11.3 Å². The lowest BCUT2D eigenvalue weighted by atomic mass is 10.1. The zero-order valence-electron chi connectivity index (χ0n) is 14.7. The molecule has 1 saturated heterocycles. The third-order valence-corrected chi connectivity index (χ3v) is 5.32. The number of ether oxygens (including phenoxy) is 1. The third-order valence-electron chi connectivity index (χ3n) is 4.24. The van der Waals surface area contributed by atoms with Crippen LogP contribution in [0.3, 0.4) is 0 Å². The molecule has 0 spiro atoms. The average molecular weight is 340 g/mol. The SMILES string of the molecule is CN=C(NCc1nc(C)c(C)s1)NC1CCN(CCOC)CC1. The summed E-state index contributed by atoms with van der Waals surface area (Å²) in [5.74, 6) is 0.867. The molecule has 0 saturated carbocycles. The van der Waals surface area contributed by atoms with Gasteiger partial charge in [-0.3, -0.25) is 4.99 Å². The normalized spacial score (nSPS) is 17.5. The van der Waals surface area contributed by atoms with Crippen molar-refractivity contribution in [3.8, 4) is 0 Å². The predicted molar refractivity (Wildman–Crippen MR) is 96.3 cm³/mol. The smallest absolute Gasteiger partial charge is 0.191 e. The van der Waals surface area contributed by atoms with Crippen molar-refractivity contribution in [1.29, 1.82) is 0 Å². The Balaban J connectivity index is 1.73. The van der Waals surface area contributed by atoms with E-state index in [4.69, 9.17) is 4.74 Å². The van der Waals surface area contributed by atoms with Gasteiger partial charge in [-0.25, -0.2) is 4.98 Å². The number of aromatic nitrogens is 1. The summed E-state index contributed by atoms with van der Waals surface area (Å²) >= 11 is 1.75. The van der Waals surface area contributed by atoms with Crippen molar-refractivity contribution in [2.45, 2.75) is 39.3 Å². The first-order valence-corrected chi connectivity index (χ1v) is 9.05. The molecule has 1 fully saturated rings. The van der Waals surface area contributed by atoms with Crippen molar-refractivity contribution in [1.82, 2.24) is 20.5 Å². The second kappa shape index (κ2) is 9.20. The molecule has 0 aliphatic carbocycles. The number of nitrogens with one attached hydrogen (secondary N) is 2. The van der Waals surface area contributed by atoms with E-state index in [-0.39, 0.29) is 0 Å². The van der Waals surface area contributed by atoms with E-state index in [1.165, 1.54) is 4.88 Å². The lowest BCUT2D eigenvalue weighted by molar-refractivity contribution is 0.128. The molecule has 2 heterocycles. The lowest BCUT2D eigenvalue weighted by Gasteiger charge is -2.32. The minimum Gasteiger partial charge on any atom is -0.383 e. The molecule has 0 atom stereocenters. The number of thiazole rings is 1. The maximum absolute atomic E-state index is 5.15. The van der Waals surface area contributed by atoms with E-state index in [0.29, 0.717) is 6.04 Å². The van der Waals surface area contributed by atoms with Crippen molar-refractivity contribution in [3.05, 3.63) is 15.6 Å². The number of rotatable bonds is 6. The van der Waals surface area contributed by atoms with E-state index in [2.05, 4.69) is 39.4 Å². The van der Waals surface area contributed by atoms with Crippen LogP contribution in [0.4, 0.5) is 0 Å². The van der Waals surface area contributed by atoms with Crippen LogP contribution in [-0.2, 0) is 11.3 Å². The highest BCUT2D eigenvalue weighted by Crippen LogP contribution is 2.16. The van der Waals surface area contributed by atoms with Crippen LogP contribution in [0.5, 0.6) is 0 Å². The molecule has 1 aromatic rings. The van der Waals surface area contributed by atoms with Crippen molar-refractivity contribution >= 4 is 17.3 Å². The molecule has 1 aliphatic rings. The third kappa shape index (κ3) is 5.75. The minimum atomic E-state index is 0.486. The van der Waals surface area contributed by atoms with Gasteiger partial charge in [0.15, 0.2) is 5.96 Å². The Morgan fingerprint density at radius 3 is 2.70 bits per heavy atom. The van der Waals surface area contributed by atoms with Gasteiger partial charge in [-0.15, -0.1) is 11.3 Å². The standard InChI is InChI=1S/C16H29N5OS/c1-12-13(2)23-15(19-12)11-18-16(17-3)20-14-5-7-21(8-6-14)9-10-22-4/h14H,5-11H2,1-4H3,(H2,17,18,20). The minimum absolute atomic E-state index is 0.486. The highest BCUT2D eigenvalue weighted by molar-refractivity contribution is 7.11. The van der Waals surface area contributed by atoms with E-state index in [1.807, 2.05) is 7.05 Å². The first-order valence-electron chi connectivity index (χ1n) is 8.23. The molecule has 6 nitrogen and oxygen atoms in total. The molecule has 0 amide bonds. The Kier molecular flexibility index (Phi) is 7.26. The zero-order chi connectivity index (χ0) is 16.7. The Hall–Kier alpha value is -1.18. The number of aryl methyl sites for hydroxylation is 2. The summed E-state index contributed by atoms with van der Waals surface area (Å²) < 4.78 is 5.15. The number of piperidine rings is 1. The summed E-state index contributed by atoms with van der Waals surface area (Å²) in [6, 6.07) is 0.486. The van der Waals surface area contributed by atoms with E-state index in [1.54, 1.807) is 18.4 Å². The van der Waals surface area contributed by atoms with Gasteiger partial charge >= 0.3 is 0 Å². The molecule has 23 heavy (non-hydrogen) atoms. The molecule has 2 rings (SSSR count). The van der Waals surface area contributed by atoms with Gasteiger partial charge in [0.25, 0.3) is 0 Å². The number of likely N-dealkylation sites (tertiary alicyclic amines) is 1. The van der Waals surface area contributed by atoms with Crippen LogP contribution in [-0.4, -0.2) is 62.3 Å². The lowest BCUT2D eigenvalue weighted by Crippen LogP contribution is -2.48. The monoisotopic (exact) mass is 339 g/mol. The molecule has 130 valence electrons. The molecule has 1 aliphatic heterocycles. The van der Waals surface area contributed by atoms with E-state index in [0.717, 1.165) is 62.3 Å². The number of nitrogens with zero attached hydrogens (tertiary/aromatic N) is 3. The highest BCUT2D eigenvalue weighted by Gasteiger charge is 2.19. The number of hydrogen-bond donors (Lipinski definition) is 2. The average Bonchev–Trinajstić information content (AvgIpc) is 2.89. The van der Waals surface area contributed by atoms with Gasteiger partial charge < -0.3 is 20.3 Å². The largest absolute Gasteiger partial charge is 0.383 e. The molecule has 0 aromatic carbocycles. The van der Waals surface area contributed by atoms with Crippen molar-refractivity contribution in [3.63, 3.8) is 0 Å². The van der Waals surface area contributed by atoms with Crippen LogP contribution in [0, 0.1) is 13.8 Å². The Labute approximate surface area is 143 Å². The molecule has 7 heteroatoms. The zero-order valence-corrected chi connectivity index (χ0v) is 15.5. The van der Waals surface area contributed by atoms with Crippen LogP contribution < -0.4 is 10.6 Å². The number of methoxy groups -OCH3 is 1. The van der Waals surface area contributed by atoms with Crippen LogP contribution in [0.1, 0.15) is 28.4 Å². The quantitative estimate of drug-likeness (QED) is 0.608. The Morgan fingerprint density at radius 1 is 1.39 bits per heavy atom. The first-order chi connectivity index (χ1) is 11.1. The summed E-state index contributed by atoms with van der Waals surface area (Å²) in [6.07, 6.45) is 2.28. The van der Waals surface area contributed by atoms with Gasteiger partial charge in [0.1, 0.15) is 5.01 Å². The maximum atomic E-state index is 5.15. The highest BCUT2D eigenvalue weighted by atomic mass is 32.1. The van der Waals surface area contributed by atoms with Gasteiger partial charge in [-0.05, 0) is 26.7 Å². The van der Waals surface area contributed by atoms with Crippen LogP contribution in [0.15, 0.2) is 4.99 Å². The number of aliphatic imine (C=N–C) groups is 1. The second-order valence-electron chi connectivity index (χ2n) is 5.93. The van der Waals surface area contributed by atoms with E-state index in [9.17, 15) is 0 Å². The predicted octanol–water partition coefficient (Wildman–Crippen LogP) is 1.54. The van der Waals surface area contributed by atoms with Crippen molar-refractivity contribution in [2.75, 3.05) is 40.4 Å². The summed E-state index contributed by atoms with van der Waals surface area (Å²) in [5, 5.41) is 8.01. The molecular weight excluding hydrogens is 310 g/mol. The van der Waals surface area contributed by atoms with Crippen molar-refractivity contribution < 1.29 is 4.74 Å². The fraction of sp³-hybridized carbons (Fsp3) is 0.750. The summed E-state index contributed by atoms with van der Waals surface area (Å²) in [6.45, 7) is 8.96. The topological polar surface area (TPSA) is 61.8 Å². The van der Waals surface area contributed by atoms with Crippen LogP contribution in [0.2, 0.25) is 0 Å². The van der Waals surface area contributed by atoms with Crippen LogP contribution in [0.25, 0.3) is 0 Å². The fourth-order valence-corrected chi connectivity index (χ4v) is 3.56. The maximum Gasteiger partial charge on any atom is 0.191 e. The second-order valence-corrected chi connectivity index (χ2v) is 7.22. The van der Waals surface area contributed by atoms with Gasteiger partial charge in [0, 0.05) is 44.7 Å². The Bertz CT molecular complexity index is 489. The molecule has 0 unspecified atom stereocenters. The van der Waals surface area contributed by atoms with Gasteiger partial charge in [-0.2, -0.15) is 0 Å². The van der Waals surface area contributed by atoms with Gasteiger partial charge in [0.05, 0.1) is 18.8 Å². The summed E-state index contributed by atoms with van der Waals surface area (Å²) in [5.41, 5.74) is 1.12. The molecule has 1 aromatic heterocycles. The van der Waals surface area contributed by atoms with E-state index >= 15 is 0 Å². The van der Waals surface area contributed by atoms with Gasteiger partial charge in [0.2, 0.25) is 0 Å². The number of hydrogen-bond acceptors (Lipinski definition) is 5. The Morgan fingerprint density at radius 2 is 2.13 bits per heavy atom. The summed E-state index contributed by atoms with van der Waals surface area (Å²) in [7, 11) is 3.58. The number of guanidine groups is 1. The molecule has 0 radical (unpaired) electrons. The summed E-state index contributed by atoms with van der Waals surface area (Å²) in [4.78, 5) is 12.6. The van der Waals surface area contributed by atoms with Crippen molar-refractivity contribution in [2.24, 2.45) is 4.99 Å². The molecule has 2 N–H and O–H groups in total. The molecular formula is C16H29N5OS. The fourth-order valence-electron chi connectivity index (χ4n) is 2.68. The van der Waals surface area contributed by atoms with Gasteiger partial charge in [-0.1, -0.05) is 0 Å².